The summed E-state index contributed by atoms with van der Waals surface area (Å²) in [6, 6.07) is 12.9. The lowest BCUT2D eigenvalue weighted by Gasteiger charge is -2.12. The Bertz CT molecular complexity index is 918. The zero-order chi connectivity index (χ0) is 19.2. The van der Waals surface area contributed by atoms with E-state index in [9.17, 15) is 4.79 Å². The van der Waals surface area contributed by atoms with E-state index in [1.54, 1.807) is 55.5 Å². The number of thiazole rings is 1. The van der Waals surface area contributed by atoms with Gasteiger partial charge >= 0.3 is 0 Å². The second-order valence-corrected chi connectivity index (χ2v) is 7.84. The Labute approximate surface area is 166 Å². The van der Waals surface area contributed by atoms with Gasteiger partial charge in [-0.05, 0) is 18.6 Å². The van der Waals surface area contributed by atoms with Crippen LogP contribution >= 0.6 is 23.1 Å². The van der Waals surface area contributed by atoms with Gasteiger partial charge in [0.15, 0.2) is 0 Å². The number of hydrogen-bond donors (Lipinski definition) is 1. The fraction of sp³-hybridized carbons (Fsp3) is 0.200. The lowest BCUT2D eigenvalue weighted by atomic mass is 10.1. The third-order valence-electron chi connectivity index (χ3n) is 3.82. The number of aryl methyl sites for hydroxylation is 1. The van der Waals surface area contributed by atoms with Crippen molar-refractivity contribution in [3.63, 3.8) is 0 Å². The van der Waals surface area contributed by atoms with Crippen molar-refractivity contribution in [3.05, 3.63) is 64.7 Å². The second kappa shape index (κ2) is 8.92. The summed E-state index contributed by atoms with van der Waals surface area (Å²) < 4.78 is 11.5. The van der Waals surface area contributed by atoms with E-state index in [-0.39, 0.29) is 5.91 Å². The molecule has 27 heavy (non-hydrogen) atoms. The molecular weight excluding hydrogens is 380 g/mol. The van der Waals surface area contributed by atoms with Gasteiger partial charge < -0.3 is 14.8 Å². The van der Waals surface area contributed by atoms with E-state index in [0.717, 1.165) is 15.6 Å². The highest BCUT2D eigenvalue weighted by molar-refractivity contribution is 8.00. The summed E-state index contributed by atoms with van der Waals surface area (Å²) in [7, 11) is 3.15. The molecule has 0 aliphatic carbocycles. The molecule has 0 bridgehead atoms. The molecule has 0 unspecified atom stereocenters. The van der Waals surface area contributed by atoms with Crippen LogP contribution in [0.3, 0.4) is 0 Å². The van der Waals surface area contributed by atoms with Crippen molar-refractivity contribution in [2.45, 2.75) is 17.0 Å². The fourth-order valence-electron chi connectivity index (χ4n) is 2.48. The molecule has 5 nitrogen and oxygen atoms in total. The number of methoxy groups -OCH3 is 2. The molecular formula is C20H20N2O3S2. The van der Waals surface area contributed by atoms with Crippen LogP contribution in [0.15, 0.2) is 52.2 Å². The maximum absolute atomic E-state index is 12.8. The van der Waals surface area contributed by atoms with Crippen LogP contribution in [0.4, 0.5) is 5.69 Å². The molecule has 0 spiro atoms. The first-order valence-corrected chi connectivity index (χ1v) is 10.1. The Morgan fingerprint density at radius 1 is 1.15 bits per heavy atom. The molecule has 2 aromatic carbocycles. The van der Waals surface area contributed by atoms with Crippen LogP contribution in [0.1, 0.15) is 21.6 Å². The average molecular weight is 401 g/mol. The topological polar surface area (TPSA) is 60.5 Å². The quantitative estimate of drug-likeness (QED) is 0.565. The van der Waals surface area contributed by atoms with Gasteiger partial charge in [-0.1, -0.05) is 30.0 Å². The van der Waals surface area contributed by atoms with E-state index in [0.29, 0.717) is 28.5 Å². The van der Waals surface area contributed by atoms with Gasteiger partial charge in [0.1, 0.15) is 15.8 Å². The van der Waals surface area contributed by atoms with Crippen molar-refractivity contribution in [1.29, 1.82) is 0 Å². The molecule has 3 aromatic rings. The van der Waals surface area contributed by atoms with Crippen LogP contribution in [-0.4, -0.2) is 25.1 Å². The molecule has 0 aliphatic heterocycles. The van der Waals surface area contributed by atoms with Crippen molar-refractivity contribution in [2.75, 3.05) is 19.5 Å². The number of benzene rings is 2. The van der Waals surface area contributed by atoms with Gasteiger partial charge in [0.2, 0.25) is 0 Å². The average Bonchev–Trinajstić information content (AvgIpc) is 3.11. The van der Waals surface area contributed by atoms with E-state index in [1.165, 1.54) is 0 Å². The number of nitrogens with one attached hydrogen (secondary N) is 1. The largest absolute Gasteiger partial charge is 0.497 e. The van der Waals surface area contributed by atoms with E-state index in [2.05, 4.69) is 10.3 Å². The lowest BCUT2D eigenvalue weighted by Crippen LogP contribution is -2.14. The predicted molar refractivity (Wildman–Crippen MR) is 110 cm³/mol. The first-order valence-electron chi connectivity index (χ1n) is 8.26. The lowest BCUT2D eigenvalue weighted by molar-refractivity contribution is 0.102. The molecule has 1 aromatic heterocycles. The standard InChI is InChI=1S/C20H20N2O3S2/c1-13-11-26-20(21-13)27-12-14-6-4-5-7-18(14)19(23)22-15-8-16(24-2)10-17(9-15)25-3/h4-11H,12H2,1-3H3,(H,22,23). The number of carbonyl (C=O) groups excluding carboxylic acids is 1. The molecule has 0 radical (unpaired) electrons. The highest BCUT2D eigenvalue weighted by Crippen LogP contribution is 2.29. The van der Waals surface area contributed by atoms with Crippen molar-refractivity contribution in [2.24, 2.45) is 0 Å². The molecule has 0 aliphatic rings. The summed E-state index contributed by atoms with van der Waals surface area (Å²) >= 11 is 3.25. The van der Waals surface area contributed by atoms with Crippen LogP contribution in [0.25, 0.3) is 0 Å². The third-order valence-corrected chi connectivity index (χ3v) is 6.01. The maximum Gasteiger partial charge on any atom is 0.255 e. The molecule has 1 N–H and O–H groups in total. The normalized spacial score (nSPS) is 10.5. The predicted octanol–water partition coefficient (Wildman–Crippen LogP) is 5.01. The van der Waals surface area contributed by atoms with E-state index < -0.39 is 0 Å². The first kappa shape index (κ1) is 19.3. The van der Waals surface area contributed by atoms with Crippen LogP contribution in [0.2, 0.25) is 0 Å². The summed E-state index contributed by atoms with van der Waals surface area (Å²) in [5.41, 5.74) is 3.23. The van der Waals surface area contributed by atoms with Crippen LogP contribution in [0, 0.1) is 6.92 Å². The SMILES string of the molecule is COc1cc(NC(=O)c2ccccc2CSc2nc(C)cs2)cc(OC)c1. The van der Waals surface area contributed by atoms with Gasteiger partial charge in [-0.2, -0.15) is 0 Å². The summed E-state index contributed by atoms with van der Waals surface area (Å²) in [6.45, 7) is 1.98. The highest BCUT2D eigenvalue weighted by Gasteiger charge is 2.13. The van der Waals surface area contributed by atoms with Gasteiger partial charge in [0, 0.05) is 46.3 Å². The fourth-order valence-corrected chi connectivity index (χ4v) is 4.34. The molecule has 7 heteroatoms. The Balaban J connectivity index is 1.77. The van der Waals surface area contributed by atoms with Crippen molar-refractivity contribution in [3.8, 4) is 11.5 Å². The molecule has 0 saturated carbocycles. The number of carbonyl (C=O) groups is 1. The summed E-state index contributed by atoms with van der Waals surface area (Å²) in [6.07, 6.45) is 0. The van der Waals surface area contributed by atoms with Crippen molar-refractivity contribution in [1.82, 2.24) is 4.98 Å². The van der Waals surface area contributed by atoms with Gasteiger partial charge in [-0.3, -0.25) is 4.79 Å². The van der Waals surface area contributed by atoms with Crippen LogP contribution in [0.5, 0.6) is 11.5 Å². The first-order chi connectivity index (χ1) is 13.1. The molecule has 0 atom stereocenters. The smallest absolute Gasteiger partial charge is 0.255 e. The van der Waals surface area contributed by atoms with Crippen LogP contribution in [-0.2, 0) is 5.75 Å². The number of nitrogens with zero attached hydrogens (tertiary/aromatic N) is 1. The molecule has 0 fully saturated rings. The molecule has 1 heterocycles. The Hall–Kier alpha value is -2.51. The highest BCUT2D eigenvalue weighted by atomic mass is 32.2. The molecule has 0 saturated heterocycles. The number of aromatic nitrogens is 1. The van der Waals surface area contributed by atoms with Gasteiger partial charge in [-0.15, -0.1) is 11.3 Å². The molecule has 140 valence electrons. The van der Waals surface area contributed by atoms with Gasteiger partial charge in [0.25, 0.3) is 5.91 Å². The number of thioether (sulfide) groups is 1. The molecule has 3 rings (SSSR count). The number of amides is 1. The Morgan fingerprint density at radius 3 is 2.48 bits per heavy atom. The zero-order valence-electron chi connectivity index (χ0n) is 15.3. The Kier molecular flexibility index (Phi) is 6.36. The minimum Gasteiger partial charge on any atom is -0.497 e. The number of anilines is 1. The maximum atomic E-state index is 12.8. The van der Waals surface area contributed by atoms with Crippen LogP contribution < -0.4 is 14.8 Å². The van der Waals surface area contributed by atoms with E-state index in [4.69, 9.17) is 9.47 Å². The minimum atomic E-state index is -0.170. The molecule has 1 amide bonds. The van der Waals surface area contributed by atoms with Crippen molar-refractivity contribution < 1.29 is 14.3 Å². The summed E-state index contributed by atoms with van der Waals surface area (Å²) in [5, 5.41) is 4.95. The monoisotopic (exact) mass is 400 g/mol. The Morgan fingerprint density at radius 2 is 1.85 bits per heavy atom. The number of hydrogen-bond acceptors (Lipinski definition) is 6. The number of ether oxygens (including phenoxy) is 2. The summed E-state index contributed by atoms with van der Waals surface area (Å²) in [5.74, 6) is 1.75. The van der Waals surface area contributed by atoms with E-state index >= 15 is 0 Å². The summed E-state index contributed by atoms with van der Waals surface area (Å²) in [4.78, 5) is 17.3. The van der Waals surface area contributed by atoms with Crippen molar-refractivity contribution >= 4 is 34.7 Å². The second-order valence-electron chi connectivity index (χ2n) is 5.76. The van der Waals surface area contributed by atoms with Gasteiger partial charge in [0.05, 0.1) is 14.2 Å². The zero-order valence-corrected chi connectivity index (χ0v) is 16.9. The number of rotatable bonds is 7. The van der Waals surface area contributed by atoms with Gasteiger partial charge in [-0.25, -0.2) is 4.98 Å². The van der Waals surface area contributed by atoms with E-state index in [1.807, 2.05) is 36.6 Å². The minimum absolute atomic E-state index is 0.170. The third kappa shape index (κ3) is 5.02.